The third kappa shape index (κ3) is 6.20. The van der Waals surface area contributed by atoms with E-state index in [4.69, 9.17) is 0 Å². The van der Waals surface area contributed by atoms with Gasteiger partial charge in [-0.3, -0.25) is 0 Å². The van der Waals surface area contributed by atoms with Gasteiger partial charge in [0.25, 0.3) is 0 Å². The van der Waals surface area contributed by atoms with E-state index in [9.17, 15) is 0 Å². The average Bonchev–Trinajstić information content (AvgIpc) is 2.84. The Morgan fingerprint density at radius 2 is 1.32 bits per heavy atom. The van der Waals surface area contributed by atoms with Crippen molar-refractivity contribution in [3.63, 3.8) is 0 Å². The summed E-state index contributed by atoms with van der Waals surface area (Å²) < 4.78 is 0. The van der Waals surface area contributed by atoms with E-state index in [0.29, 0.717) is 0 Å². The standard InChI is InChI=1S/C20H29Si.3ClH.Ti/c1-14-9-10-15(2)19(16(14)3)20(4,5)17-11-12-18(13-17)21(6,7)8;;;;/h9-13H,1-8H3;3*1H;/q-1;;;;+4/p-3. The molecule has 0 atom stereocenters. The fraction of sp³-hybridized carbons (Fsp3) is 0.450. The summed E-state index contributed by atoms with van der Waals surface area (Å²) in [6, 6.07) is 11.6. The van der Waals surface area contributed by atoms with Crippen LogP contribution in [0.25, 0.3) is 0 Å². The van der Waals surface area contributed by atoms with Crippen LogP contribution in [0, 0.1) is 20.8 Å². The van der Waals surface area contributed by atoms with Crippen molar-refractivity contribution in [3.05, 3.63) is 58.1 Å². The molecule has 0 saturated heterocycles. The maximum absolute atomic E-state index is 2.45. The largest absolute Gasteiger partial charge is 4.00 e. The van der Waals surface area contributed by atoms with Crippen molar-refractivity contribution >= 4 is 13.3 Å². The maximum Gasteiger partial charge on any atom is 4.00 e. The number of halogens is 3. The van der Waals surface area contributed by atoms with Crippen LogP contribution in [0.4, 0.5) is 0 Å². The Balaban J connectivity index is -0.00000121. The summed E-state index contributed by atoms with van der Waals surface area (Å²) in [4.78, 5) is 0. The van der Waals surface area contributed by atoms with E-state index in [0.717, 1.165) is 0 Å². The summed E-state index contributed by atoms with van der Waals surface area (Å²) in [5.74, 6) is 0. The van der Waals surface area contributed by atoms with Gasteiger partial charge in [-0.2, -0.15) is 12.1 Å². The normalized spacial score (nSPS) is 10.7. The van der Waals surface area contributed by atoms with Gasteiger partial charge < -0.3 is 37.2 Å². The summed E-state index contributed by atoms with van der Waals surface area (Å²) in [6.45, 7) is 18.7. The summed E-state index contributed by atoms with van der Waals surface area (Å²) >= 11 is 0. The van der Waals surface area contributed by atoms with Crippen LogP contribution in [-0.4, -0.2) is 8.07 Å². The third-order valence-corrected chi connectivity index (χ3v) is 6.95. The molecule has 5 heteroatoms. The van der Waals surface area contributed by atoms with Crippen LogP contribution in [0.5, 0.6) is 0 Å². The molecule has 0 spiro atoms. The second-order valence-corrected chi connectivity index (χ2v) is 13.0. The van der Waals surface area contributed by atoms with Gasteiger partial charge in [0.1, 0.15) is 0 Å². The molecule has 0 bridgehead atoms. The molecule has 0 unspecified atom stereocenters. The van der Waals surface area contributed by atoms with Crippen LogP contribution in [0.2, 0.25) is 19.6 Å². The van der Waals surface area contributed by atoms with Crippen LogP contribution >= 0.6 is 0 Å². The van der Waals surface area contributed by atoms with Crippen molar-refractivity contribution in [2.75, 3.05) is 0 Å². The Labute approximate surface area is 189 Å². The SMILES string of the molecule is Cc1ccc(C)c(C(C)(C)[c-]2ccc([Si](C)(C)C)c2)c1C.[Cl-].[Cl-].[Cl-].[Ti+4]. The Bertz CT molecular complexity index is 670. The van der Waals surface area contributed by atoms with E-state index in [-0.39, 0.29) is 64.4 Å². The monoisotopic (exact) mass is 450 g/mol. The number of rotatable bonds is 3. The molecule has 0 aromatic heterocycles. The first-order valence-corrected chi connectivity index (χ1v) is 11.4. The fourth-order valence-electron chi connectivity index (χ4n) is 3.36. The van der Waals surface area contributed by atoms with Crippen LogP contribution in [0.1, 0.15) is 41.7 Å². The Morgan fingerprint density at radius 1 is 0.840 bits per heavy atom. The smallest absolute Gasteiger partial charge is 1.00 e. The van der Waals surface area contributed by atoms with Crippen molar-refractivity contribution in [1.82, 2.24) is 0 Å². The molecule has 0 nitrogen and oxygen atoms in total. The van der Waals surface area contributed by atoms with Crippen molar-refractivity contribution < 1.29 is 58.9 Å². The van der Waals surface area contributed by atoms with Gasteiger partial charge in [-0.25, -0.2) is 11.3 Å². The molecule has 2 aromatic rings. The minimum absolute atomic E-state index is 0. The number of hydrogen-bond acceptors (Lipinski definition) is 0. The number of benzene rings is 1. The number of aryl methyl sites for hydroxylation is 2. The quantitative estimate of drug-likeness (QED) is 0.332. The molecule has 0 heterocycles. The zero-order valence-corrected chi connectivity index (χ0v) is 21.3. The summed E-state index contributed by atoms with van der Waals surface area (Å²) in [5, 5.41) is 1.56. The molecule has 0 aliphatic heterocycles. The summed E-state index contributed by atoms with van der Waals surface area (Å²) in [6.07, 6.45) is 0. The van der Waals surface area contributed by atoms with E-state index in [1.54, 1.807) is 5.19 Å². The van der Waals surface area contributed by atoms with Gasteiger partial charge in [0.05, 0.1) is 0 Å². The predicted octanol–water partition coefficient (Wildman–Crippen LogP) is -3.79. The molecular weight excluding hydrogens is 423 g/mol. The molecule has 2 rings (SSSR count). The van der Waals surface area contributed by atoms with Gasteiger partial charge in [0.2, 0.25) is 0 Å². The molecule has 0 saturated carbocycles. The zero-order chi connectivity index (χ0) is 16.0. The van der Waals surface area contributed by atoms with Gasteiger partial charge in [-0.05, 0) is 48.4 Å². The van der Waals surface area contributed by atoms with Crippen LogP contribution in [0.15, 0.2) is 30.3 Å². The Morgan fingerprint density at radius 3 is 1.76 bits per heavy atom. The van der Waals surface area contributed by atoms with Gasteiger partial charge in [-0.1, -0.05) is 45.6 Å². The average molecular weight is 452 g/mol. The van der Waals surface area contributed by atoms with E-state index >= 15 is 0 Å². The summed E-state index contributed by atoms with van der Waals surface area (Å²) in [7, 11) is -1.23. The predicted molar refractivity (Wildman–Crippen MR) is 97.8 cm³/mol. The first kappa shape index (κ1) is 30.1. The zero-order valence-electron chi connectivity index (χ0n) is 16.5. The van der Waals surface area contributed by atoms with E-state index < -0.39 is 8.07 Å². The van der Waals surface area contributed by atoms with E-state index in [1.807, 2.05) is 0 Å². The molecule has 138 valence electrons. The third-order valence-electron chi connectivity index (χ3n) is 4.91. The minimum atomic E-state index is -1.23. The minimum Gasteiger partial charge on any atom is -1.00 e. The Hall–Kier alpha value is 0.371. The second kappa shape index (κ2) is 10.6. The molecule has 0 aliphatic carbocycles. The molecule has 0 radical (unpaired) electrons. The molecular formula is C20H29Cl3SiTi. The Kier molecular flexibility index (Phi) is 12.8. The van der Waals surface area contributed by atoms with Crippen molar-refractivity contribution in [1.29, 1.82) is 0 Å². The maximum atomic E-state index is 2.45. The number of hydrogen-bond donors (Lipinski definition) is 0. The molecule has 0 fully saturated rings. The second-order valence-electron chi connectivity index (χ2n) is 7.96. The first-order chi connectivity index (χ1) is 9.55. The van der Waals surface area contributed by atoms with Gasteiger partial charge in [0.15, 0.2) is 0 Å². The van der Waals surface area contributed by atoms with Crippen LogP contribution in [-0.2, 0) is 27.1 Å². The molecule has 0 amide bonds. The van der Waals surface area contributed by atoms with Gasteiger partial charge >= 0.3 is 21.7 Å². The van der Waals surface area contributed by atoms with Crippen LogP contribution < -0.4 is 42.4 Å². The van der Waals surface area contributed by atoms with Crippen LogP contribution in [0.3, 0.4) is 0 Å². The molecule has 2 aromatic carbocycles. The van der Waals surface area contributed by atoms with Gasteiger partial charge in [-0.15, -0.1) is 5.56 Å². The first-order valence-electron chi connectivity index (χ1n) is 7.90. The molecule has 0 N–H and O–H groups in total. The topological polar surface area (TPSA) is 0 Å². The van der Waals surface area contributed by atoms with Gasteiger partial charge in [0, 0.05) is 8.07 Å². The molecule has 0 aliphatic rings. The summed E-state index contributed by atoms with van der Waals surface area (Å²) in [5.41, 5.74) is 7.25. The van der Waals surface area contributed by atoms with E-state index in [2.05, 4.69) is 84.6 Å². The van der Waals surface area contributed by atoms with Crippen molar-refractivity contribution in [2.24, 2.45) is 0 Å². The molecule has 25 heavy (non-hydrogen) atoms. The fourth-order valence-corrected chi connectivity index (χ4v) is 4.53. The van der Waals surface area contributed by atoms with Crippen molar-refractivity contribution in [2.45, 2.75) is 59.7 Å². The van der Waals surface area contributed by atoms with Crippen molar-refractivity contribution in [3.8, 4) is 0 Å². The van der Waals surface area contributed by atoms with E-state index in [1.165, 1.54) is 27.8 Å².